The molecule has 0 aliphatic heterocycles. The molecule has 1 unspecified atom stereocenters. The SMILES string of the molecule is CC(OCC(F)(F)F)C(=O)Nc1n[nH]c(-c2ccccn2)n1.C[C@H](NS(=O)(=O)c1ccccc1F)C(=O)Nc1n[nH]c(-c2ccccn2)n1.[HH].[HH].[HH].[HH].[HH]. The molecule has 2 atom stereocenters. The average Bonchev–Trinajstić information content (AvgIpc) is 3.74. The number of nitrogens with zero attached hydrogens (tertiary/aromatic N) is 6. The van der Waals surface area contributed by atoms with Gasteiger partial charge in [0.2, 0.25) is 27.8 Å². The molecule has 0 radical (unpaired) electrons. The minimum atomic E-state index is -4.49. The summed E-state index contributed by atoms with van der Waals surface area (Å²) in [6, 6.07) is 14.1. The molecule has 0 saturated carbocycles. The van der Waals surface area contributed by atoms with Gasteiger partial charge in [-0.25, -0.2) is 12.8 Å². The average molecular weight is 716 g/mol. The van der Waals surface area contributed by atoms with Gasteiger partial charge in [-0.3, -0.25) is 40.4 Å². The van der Waals surface area contributed by atoms with Gasteiger partial charge in [0.25, 0.3) is 5.91 Å². The zero-order chi connectivity index (χ0) is 35.6. The van der Waals surface area contributed by atoms with E-state index < -0.39 is 57.5 Å². The normalized spacial score (nSPS) is 12.7. The lowest BCUT2D eigenvalue weighted by molar-refractivity contribution is -0.184. The van der Waals surface area contributed by atoms with Gasteiger partial charge in [0.15, 0.2) is 11.6 Å². The Morgan fingerprint density at radius 3 is 1.84 bits per heavy atom. The van der Waals surface area contributed by atoms with Crippen molar-refractivity contribution >= 4 is 33.7 Å². The third-order valence-electron chi connectivity index (χ3n) is 5.97. The highest BCUT2D eigenvalue weighted by molar-refractivity contribution is 7.89. The molecule has 16 nitrogen and oxygen atoms in total. The van der Waals surface area contributed by atoms with Crippen LogP contribution in [0.2, 0.25) is 0 Å². The summed E-state index contributed by atoms with van der Waals surface area (Å²) in [5.74, 6) is -1.86. The van der Waals surface area contributed by atoms with E-state index in [1.165, 1.54) is 26.0 Å². The van der Waals surface area contributed by atoms with Gasteiger partial charge in [0, 0.05) is 19.5 Å². The highest BCUT2D eigenvalue weighted by Gasteiger charge is 2.30. The lowest BCUT2D eigenvalue weighted by atomic mass is 10.3. The highest BCUT2D eigenvalue weighted by Crippen LogP contribution is 2.17. The Labute approximate surface area is 282 Å². The Morgan fingerprint density at radius 1 is 0.837 bits per heavy atom. The lowest BCUT2D eigenvalue weighted by Crippen LogP contribution is -2.41. The van der Waals surface area contributed by atoms with Gasteiger partial charge in [0.1, 0.15) is 34.8 Å². The number of pyridine rings is 2. The Morgan fingerprint density at radius 2 is 1.35 bits per heavy atom. The minimum Gasteiger partial charge on any atom is -0.359 e. The number of nitrogens with one attached hydrogen (secondary N) is 5. The molecule has 5 aromatic rings. The van der Waals surface area contributed by atoms with E-state index in [-0.39, 0.29) is 19.0 Å². The molecule has 0 fully saturated rings. The smallest absolute Gasteiger partial charge is 0.359 e. The summed E-state index contributed by atoms with van der Waals surface area (Å²) in [5.41, 5.74) is 1.04. The first-order valence-electron chi connectivity index (χ1n) is 14.0. The molecule has 0 bridgehead atoms. The van der Waals surface area contributed by atoms with Gasteiger partial charge in [-0.15, -0.1) is 10.2 Å². The Hall–Kier alpha value is -5.67. The number of amides is 2. The molecule has 21 heteroatoms. The number of sulfonamides is 1. The fourth-order valence-corrected chi connectivity index (χ4v) is 4.89. The summed E-state index contributed by atoms with van der Waals surface area (Å²) in [5, 5.41) is 17.4. The molecule has 4 aromatic heterocycles. The number of rotatable bonds is 11. The minimum absolute atomic E-state index is 0. The maximum atomic E-state index is 13.7. The van der Waals surface area contributed by atoms with Crippen molar-refractivity contribution in [2.45, 2.75) is 37.1 Å². The second-order valence-electron chi connectivity index (χ2n) is 9.77. The maximum Gasteiger partial charge on any atom is 0.411 e. The number of carbonyl (C=O) groups is 2. The van der Waals surface area contributed by atoms with Crippen molar-refractivity contribution < 1.29 is 47.4 Å². The quantitative estimate of drug-likeness (QED) is 0.121. The second-order valence-corrected chi connectivity index (χ2v) is 11.4. The van der Waals surface area contributed by atoms with Crippen LogP contribution in [-0.4, -0.2) is 85.5 Å². The number of halogens is 4. The standard InChI is InChI=1S/C16H15FN6O3S.C12H12F3N5O2.5H2/c1-10(23-27(25,26)13-8-3-2-6-11(13)17)15(24)20-16-19-14(21-22-16)12-7-4-5-9-18-12;1-7(22-6-12(13,14)15)10(21)18-11-17-9(19-20-11)8-4-2-3-5-16-8;;;;;/h2-10,23H,1H3,(H2,19,20,21,22,24);2-5,7H,6H2,1H3,(H2,17,18,19,20,21);5*1H/t10-;;;;;;/m0....../s1. The van der Waals surface area contributed by atoms with Crippen molar-refractivity contribution in [1.82, 2.24) is 45.1 Å². The predicted molar refractivity (Wildman–Crippen MR) is 175 cm³/mol. The van der Waals surface area contributed by atoms with Crippen LogP contribution in [0, 0.1) is 5.82 Å². The molecule has 268 valence electrons. The molecule has 2 amide bonds. The Kier molecular flexibility index (Phi) is 11.8. The lowest BCUT2D eigenvalue weighted by Gasteiger charge is -2.13. The van der Waals surface area contributed by atoms with Crippen LogP contribution in [0.15, 0.2) is 78.0 Å². The van der Waals surface area contributed by atoms with Crippen molar-refractivity contribution in [3.8, 4) is 23.0 Å². The first-order chi connectivity index (χ1) is 23.2. The second kappa shape index (κ2) is 16.0. The first kappa shape index (κ1) is 36.2. The van der Waals surface area contributed by atoms with Gasteiger partial charge in [-0.05, 0) is 50.2 Å². The number of alkyl halides is 3. The van der Waals surface area contributed by atoms with Crippen LogP contribution in [0.1, 0.15) is 21.0 Å². The topological polar surface area (TPSA) is 223 Å². The van der Waals surface area contributed by atoms with Crippen LogP contribution in [0.5, 0.6) is 0 Å². The Balaban J connectivity index is 0. The number of H-pyrrole nitrogens is 2. The number of benzene rings is 1. The molecule has 4 heterocycles. The van der Waals surface area contributed by atoms with Gasteiger partial charge in [-0.2, -0.15) is 27.9 Å². The van der Waals surface area contributed by atoms with E-state index in [0.717, 1.165) is 12.1 Å². The maximum absolute atomic E-state index is 13.7. The molecule has 5 N–H and O–H groups in total. The summed E-state index contributed by atoms with van der Waals surface area (Å²) in [6.45, 7) is 1.02. The molecule has 1 aromatic carbocycles. The number of carbonyl (C=O) groups excluding carboxylic acids is 2. The van der Waals surface area contributed by atoms with Crippen molar-refractivity contribution in [3.63, 3.8) is 0 Å². The number of hydrogen-bond acceptors (Lipinski definition) is 11. The van der Waals surface area contributed by atoms with Crippen molar-refractivity contribution in [3.05, 3.63) is 78.9 Å². The van der Waals surface area contributed by atoms with Crippen LogP contribution in [0.3, 0.4) is 0 Å². The largest absolute Gasteiger partial charge is 0.411 e. The van der Waals surface area contributed by atoms with Crippen molar-refractivity contribution in [1.29, 1.82) is 0 Å². The number of anilines is 2. The third-order valence-corrected chi connectivity index (χ3v) is 7.55. The zero-order valence-corrected chi connectivity index (χ0v) is 26.3. The van der Waals surface area contributed by atoms with Crippen molar-refractivity contribution in [2.24, 2.45) is 0 Å². The third kappa shape index (κ3) is 10.7. The van der Waals surface area contributed by atoms with Crippen LogP contribution < -0.4 is 15.4 Å². The van der Waals surface area contributed by atoms with E-state index in [1.807, 2.05) is 0 Å². The zero-order valence-electron chi connectivity index (χ0n) is 25.4. The molecular formula is C28H37F4N11O5S. The molecule has 0 saturated heterocycles. The summed E-state index contributed by atoms with van der Waals surface area (Å²) in [4.78, 5) is 39.5. The fraction of sp³-hybridized carbons (Fsp3) is 0.214. The van der Waals surface area contributed by atoms with Gasteiger partial charge >= 0.3 is 6.18 Å². The number of ether oxygens (including phenoxy) is 1. The van der Waals surface area contributed by atoms with Gasteiger partial charge in [0.05, 0.1) is 6.04 Å². The number of aromatic nitrogens is 8. The van der Waals surface area contributed by atoms with Crippen molar-refractivity contribution in [2.75, 3.05) is 17.2 Å². The summed E-state index contributed by atoms with van der Waals surface area (Å²) in [6.07, 6.45) is -2.65. The fourth-order valence-electron chi connectivity index (χ4n) is 3.61. The van der Waals surface area contributed by atoms with Crippen LogP contribution in [0.25, 0.3) is 23.0 Å². The molecular weight excluding hydrogens is 678 g/mol. The molecule has 5 rings (SSSR count). The van der Waals surface area contributed by atoms with Gasteiger partial charge in [-0.1, -0.05) is 24.3 Å². The van der Waals surface area contributed by atoms with E-state index >= 15 is 0 Å². The number of hydrogen-bond donors (Lipinski definition) is 5. The molecule has 0 aliphatic carbocycles. The van der Waals surface area contributed by atoms with E-state index in [4.69, 9.17) is 0 Å². The number of aromatic amines is 2. The van der Waals surface area contributed by atoms with E-state index in [9.17, 15) is 35.6 Å². The van der Waals surface area contributed by atoms with E-state index in [0.29, 0.717) is 23.0 Å². The molecule has 49 heavy (non-hydrogen) atoms. The first-order valence-corrected chi connectivity index (χ1v) is 15.4. The summed E-state index contributed by atoms with van der Waals surface area (Å²) in [7, 11) is -4.21. The van der Waals surface area contributed by atoms with E-state index in [1.54, 1.807) is 48.8 Å². The van der Waals surface area contributed by atoms with Crippen LogP contribution in [-0.2, 0) is 24.3 Å². The highest BCUT2D eigenvalue weighted by atomic mass is 32.2. The molecule has 0 aliphatic rings. The van der Waals surface area contributed by atoms with Crippen LogP contribution in [0.4, 0.5) is 29.5 Å². The van der Waals surface area contributed by atoms with Gasteiger partial charge < -0.3 is 4.74 Å². The summed E-state index contributed by atoms with van der Waals surface area (Å²) >= 11 is 0. The van der Waals surface area contributed by atoms with E-state index in [2.05, 4.69) is 60.4 Å². The Bertz CT molecular complexity index is 1980. The molecule has 0 spiro atoms. The van der Waals surface area contributed by atoms with Crippen LogP contribution >= 0.6 is 0 Å². The predicted octanol–water partition coefficient (Wildman–Crippen LogP) is 4.31. The summed E-state index contributed by atoms with van der Waals surface area (Å²) < 4.78 is 80.7. The monoisotopic (exact) mass is 715 g/mol.